The van der Waals surface area contributed by atoms with E-state index in [1.165, 1.54) is 5.56 Å². The number of hydrogen-bond donors (Lipinski definition) is 0. The predicted molar refractivity (Wildman–Crippen MR) is 107 cm³/mol. The molecule has 26 heavy (non-hydrogen) atoms. The summed E-state index contributed by atoms with van der Waals surface area (Å²) in [5.41, 5.74) is 2.38. The molecule has 0 N–H and O–H groups in total. The average molecular weight is 388 g/mol. The third-order valence-electron chi connectivity index (χ3n) is 4.19. The number of halogens is 1. The van der Waals surface area contributed by atoms with Crippen LogP contribution in [-0.2, 0) is 19.2 Å². The first-order valence-corrected chi connectivity index (χ1v) is 9.96. The van der Waals surface area contributed by atoms with Gasteiger partial charge in [-0.1, -0.05) is 60.6 Å². The number of thioether (sulfide) groups is 1. The van der Waals surface area contributed by atoms with Crippen LogP contribution < -0.4 is 4.74 Å². The van der Waals surface area contributed by atoms with Crippen molar-refractivity contribution in [3.05, 3.63) is 70.5 Å². The summed E-state index contributed by atoms with van der Waals surface area (Å²) in [6.45, 7) is 4.13. The second-order valence-electron chi connectivity index (χ2n) is 6.04. The molecule has 1 unspecified atom stereocenters. The van der Waals surface area contributed by atoms with Gasteiger partial charge in [-0.3, -0.25) is 0 Å². The summed E-state index contributed by atoms with van der Waals surface area (Å²) in [4.78, 5) is 0. The number of ether oxygens (including phenoxy) is 1. The number of aryl methyl sites for hydroxylation is 1. The topological polar surface area (TPSA) is 39.9 Å². The lowest BCUT2D eigenvalue weighted by molar-refractivity contribution is 0.211. The van der Waals surface area contributed by atoms with Crippen LogP contribution in [0.25, 0.3) is 0 Å². The van der Waals surface area contributed by atoms with Gasteiger partial charge in [0.25, 0.3) is 0 Å². The quantitative estimate of drug-likeness (QED) is 0.504. The Morgan fingerprint density at radius 3 is 2.54 bits per heavy atom. The molecule has 0 saturated heterocycles. The number of hydrogen-bond acceptors (Lipinski definition) is 4. The van der Waals surface area contributed by atoms with Crippen LogP contribution in [0.1, 0.15) is 36.9 Å². The van der Waals surface area contributed by atoms with Crippen molar-refractivity contribution in [3.8, 4) is 5.75 Å². The van der Waals surface area contributed by atoms with Gasteiger partial charge in [-0.15, -0.1) is 10.2 Å². The highest BCUT2D eigenvalue weighted by Crippen LogP contribution is 2.27. The van der Waals surface area contributed by atoms with E-state index in [1.807, 2.05) is 54.9 Å². The number of benzene rings is 2. The molecule has 0 fully saturated rings. The lowest BCUT2D eigenvalue weighted by Gasteiger charge is -2.14. The molecule has 1 heterocycles. The Morgan fingerprint density at radius 1 is 1.12 bits per heavy atom. The molecule has 1 atom stereocenters. The van der Waals surface area contributed by atoms with Gasteiger partial charge in [0.1, 0.15) is 5.75 Å². The zero-order chi connectivity index (χ0) is 18.5. The van der Waals surface area contributed by atoms with Crippen molar-refractivity contribution in [2.75, 3.05) is 0 Å². The molecule has 0 spiro atoms. The second kappa shape index (κ2) is 8.60. The van der Waals surface area contributed by atoms with Gasteiger partial charge < -0.3 is 9.30 Å². The van der Waals surface area contributed by atoms with Crippen molar-refractivity contribution >= 4 is 23.4 Å². The molecule has 0 amide bonds. The normalized spacial score (nSPS) is 12.2. The number of aromatic nitrogens is 3. The minimum atomic E-state index is -0.186. The zero-order valence-electron chi connectivity index (χ0n) is 15.1. The Labute approximate surface area is 163 Å². The summed E-state index contributed by atoms with van der Waals surface area (Å²) in [5.74, 6) is 2.38. The Morgan fingerprint density at radius 2 is 1.85 bits per heavy atom. The Balaban J connectivity index is 1.66. The van der Waals surface area contributed by atoms with E-state index < -0.39 is 0 Å². The van der Waals surface area contributed by atoms with Gasteiger partial charge in [0.15, 0.2) is 17.1 Å². The lowest BCUT2D eigenvalue weighted by atomic mass is 10.2. The molecule has 3 aromatic rings. The first-order valence-electron chi connectivity index (χ1n) is 8.59. The average Bonchev–Trinajstić information content (AvgIpc) is 3.02. The highest BCUT2D eigenvalue weighted by atomic mass is 35.5. The standard InChI is InChI=1S/C20H22ClN3OS/c1-4-15-9-11-17(12-10-15)25-14(2)19-22-23-20(24(19)3)26-13-16-7-5-6-8-18(16)21/h5-12,14H,4,13H2,1-3H3. The Bertz CT molecular complexity index is 864. The monoisotopic (exact) mass is 387 g/mol. The second-order valence-corrected chi connectivity index (χ2v) is 7.39. The van der Waals surface area contributed by atoms with Crippen LogP contribution in [0.3, 0.4) is 0 Å². The first kappa shape index (κ1) is 18.8. The molecule has 6 heteroatoms. The summed E-state index contributed by atoms with van der Waals surface area (Å²) in [6, 6.07) is 16.0. The Kier molecular flexibility index (Phi) is 6.22. The van der Waals surface area contributed by atoms with E-state index in [0.29, 0.717) is 0 Å². The molecule has 0 aliphatic rings. The highest BCUT2D eigenvalue weighted by Gasteiger charge is 2.17. The zero-order valence-corrected chi connectivity index (χ0v) is 16.7. The van der Waals surface area contributed by atoms with Crippen LogP contribution in [0.5, 0.6) is 5.75 Å². The van der Waals surface area contributed by atoms with Crippen LogP contribution in [0.15, 0.2) is 53.7 Å². The van der Waals surface area contributed by atoms with E-state index in [0.717, 1.165) is 39.5 Å². The van der Waals surface area contributed by atoms with Gasteiger partial charge in [0.05, 0.1) is 0 Å². The highest BCUT2D eigenvalue weighted by molar-refractivity contribution is 7.98. The number of rotatable bonds is 7. The molecule has 0 aliphatic carbocycles. The minimum Gasteiger partial charge on any atom is -0.483 e. The molecule has 2 aromatic carbocycles. The van der Waals surface area contributed by atoms with Crippen molar-refractivity contribution in [2.45, 2.75) is 37.3 Å². The summed E-state index contributed by atoms with van der Waals surface area (Å²) in [5, 5.41) is 10.2. The van der Waals surface area contributed by atoms with Crippen molar-refractivity contribution < 1.29 is 4.74 Å². The van der Waals surface area contributed by atoms with Crippen LogP contribution in [0, 0.1) is 0 Å². The van der Waals surface area contributed by atoms with E-state index in [-0.39, 0.29) is 6.10 Å². The summed E-state index contributed by atoms with van der Waals surface area (Å²) >= 11 is 7.83. The van der Waals surface area contributed by atoms with Gasteiger partial charge in [-0.05, 0) is 42.7 Å². The third-order valence-corrected chi connectivity index (χ3v) is 5.63. The van der Waals surface area contributed by atoms with E-state index in [2.05, 4.69) is 29.3 Å². The van der Waals surface area contributed by atoms with E-state index in [1.54, 1.807) is 11.8 Å². The van der Waals surface area contributed by atoms with Gasteiger partial charge in [-0.2, -0.15) is 0 Å². The van der Waals surface area contributed by atoms with Gasteiger partial charge in [-0.25, -0.2) is 0 Å². The van der Waals surface area contributed by atoms with Gasteiger partial charge in [0, 0.05) is 17.8 Å². The van der Waals surface area contributed by atoms with Crippen molar-refractivity contribution in [1.82, 2.24) is 14.8 Å². The Hall–Kier alpha value is -1.98. The predicted octanol–water partition coefficient (Wildman–Crippen LogP) is 5.46. The summed E-state index contributed by atoms with van der Waals surface area (Å²) in [7, 11) is 1.96. The van der Waals surface area contributed by atoms with E-state index in [9.17, 15) is 0 Å². The van der Waals surface area contributed by atoms with E-state index >= 15 is 0 Å². The number of nitrogens with zero attached hydrogens (tertiary/aromatic N) is 3. The van der Waals surface area contributed by atoms with Crippen LogP contribution in [0.4, 0.5) is 0 Å². The maximum Gasteiger partial charge on any atom is 0.191 e. The maximum absolute atomic E-state index is 6.22. The summed E-state index contributed by atoms with van der Waals surface area (Å²) < 4.78 is 8.00. The maximum atomic E-state index is 6.22. The molecule has 0 aliphatic heterocycles. The molecule has 0 saturated carbocycles. The molecule has 3 rings (SSSR count). The van der Waals surface area contributed by atoms with Crippen molar-refractivity contribution in [2.24, 2.45) is 7.05 Å². The van der Waals surface area contributed by atoms with Crippen molar-refractivity contribution in [1.29, 1.82) is 0 Å². The summed E-state index contributed by atoms with van der Waals surface area (Å²) in [6.07, 6.45) is 0.833. The minimum absolute atomic E-state index is 0.186. The SMILES string of the molecule is CCc1ccc(OC(C)c2nnc(SCc3ccccc3Cl)n2C)cc1. The smallest absolute Gasteiger partial charge is 0.191 e. The fourth-order valence-corrected chi connectivity index (χ4v) is 3.83. The van der Waals surface area contributed by atoms with E-state index in [4.69, 9.17) is 16.3 Å². The lowest BCUT2D eigenvalue weighted by Crippen LogP contribution is -2.10. The molecular formula is C20H22ClN3OS. The molecule has 0 radical (unpaired) electrons. The molecule has 136 valence electrons. The fourth-order valence-electron chi connectivity index (χ4n) is 2.62. The molecule has 1 aromatic heterocycles. The van der Waals surface area contributed by atoms with Crippen LogP contribution in [-0.4, -0.2) is 14.8 Å². The first-order chi connectivity index (χ1) is 12.6. The van der Waals surface area contributed by atoms with Crippen molar-refractivity contribution in [3.63, 3.8) is 0 Å². The third kappa shape index (κ3) is 4.40. The van der Waals surface area contributed by atoms with Crippen LogP contribution >= 0.6 is 23.4 Å². The molecular weight excluding hydrogens is 366 g/mol. The molecule has 4 nitrogen and oxygen atoms in total. The fraction of sp³-hybridized carbons (Fsp3) is 0.300. The van der Waals surface area contributed by atoms with Gasteiger partial charge in [0.2, 0.25) is 0 Å². The largest absolute Gasteiger partial charge is 0.483 e. The van der Waals surface area contributed by atoms with Crippen LogP contribution in [0.2, 0.25) is 5.02 Å². The molecule has 0 bridgehead atoms. The van der Waals surface area contributed by atoms with Gasteiger partial charge >= 0.3 is 0 Å².